The van der Waals surface area contributed by atoms with E-state index < -0.39 is 0 Å². The van der Waals surface area contributed by atoms with Crippen molar-refractivity contribution < 1.29 is 0 Å². The Balaban J connectivity index is 1.85. The summed E-state index contributed by atoms with van der Waals surface area (Å²) >= 11 is 3.60. The molecule has 2 aromatic rings. The number of hydrogen-bond donors (Lipinski definition) is 0. The maximum absolute atomic E-state index is 4.41. The number of aromatic nitrogens is 2. The van der Waals surface area contributed by atoms with Crippen molar-refractivity contribution in [1.82, 2.24) is 9.97 Å². The van der Waals surface area contributed by atoms with Gasteiger partial charge in [0.05, 0.1) is 0 Å². The van der Waals surface area contributed by atoms with Crippen molar-refractivity contribution in [2.45, 2.75) is 24.7 Å². The summed E-state index contributed by atoms with van der Waals surface area (Å²) in [6.45, 7) is 1.02. The Morgan fingerprint density at radius 2 is 1.95 bits per heavy atom. The third kappa shape index (κ3) is 1.62. The summed E-state index contributed by atoms with van der Waals surface area (Å²) in [4.78, 5) is 11.1. The molecule has 0 amide bonds. The molecular formula is C15H14BrN3. The van der Waals surface area contributed by atoms with Crippen molar-refractivity contribution >= 4 is 27.6 Å². The Bertz CT molecular complexity index is 623. The highest BCUT2D eigenvalue weighted by atomic mass is 79.9. The molecular weight excluding hydrogens is 302 g/mol. The van der Waals surface area contributed by atoms with Gasteiger partial charge in [-0.3, -0.25) is 0 Å². The van der Waals surface area contributed by atoms with Crippen molar-refractivity contribution in [3.63, 3.8) is 0 Å². The minimum absolute atomic E-state index is 0.332. The molecule has 1 fully saturated rings. The van der Waals surface area contributed by atoms with E-state index in [9.17, 15) is 0 Å². The highest BCUT2D eigenvalue weighted by Crippen LogP contribution is 2.54. The Labute approximate surface area is 120 Å². The predicted octanol–water partition coefficient (Wildman–Crippen LogP) is 3.81. The zero-order chi connectivity index (χ0) is 12.9. The van der Waals surface area contributed by atoms with Crippen molar-refractivity contribution in [2.24, 2.45) is 0 Å². The third-order valence-corrected chi connectivity index (χ3v) is 4.88. The summed E-state index contributed by atoms with van der Waals surface area (Å²) in [5, 5.41) is 0. The SMILES string of the molecule is Brc1ccc2c(c1)C1(CCC1)CN2c1ncccn1. The largest absolute Gasteiger partial charge is 0.309 e. The molecule has 0 bridgehead atoms. The summed E-state index contributed by atoms with van der Waals surface area (Å²) in [6, 6.07) is 8.42. The van der Waals surface area contributed by atoms with Gasteiger partial charge in [0.2, 0.25) is 5.95 Å². The lowest BCUT2D eigenvalue weighted by molar-refractivity contribution is 0.266. The van der Waals surface area contributed by atoms with Gasteiger partial charge < -0.3 is 4.90 Å². The molecule has 1 aliphatic carbocycles. The van der Waals surface area contributed by atoms with Gasteiger partial charge in [0, 0.05) is 34.5 Å². The smallest absolute Gasteiger partial charge is 0.229 e. The second-order valence-corrected chi connectivity index (χ2v) is 6.35. The van der Waals surface area contributed by atoms with E-state index in [0.29, 0.717) is 5.41 Å². The van der Waals surface area contributed by atoms with E-state index in [-0.39, 0.29) is 0 Å². The standard InChI is InChI=1S/C15H14BrN3/c16-11-3-4-13-12(9-11)15(5-1-6-15)10-19(13)14-17-7-2-8-18-14/h2-4,7-9H,1,5-6,10H2. The Kier molecular flexibility index (Phi) is 2.42. The highest BCUT2D eigenvalue weighted by molar-refractivity contribution is 9.10. The number of anilines is 2. The van der Waals surface area contributed by atoms with Gasteiger partial charge >= 0.3 is 0 Å². The van der Waals surface area contributed by atoms with Gasteiger partial charge in [0.15, 0.2) is 0 Å². The Morgan fingerprint density at radius 1 is 1.16 bits per heavy atom. The minimum atomic E-state index is 0.332. The van der Waals surface area contributed by atoms with Crippen LogP contribution in [-0.2, 0) is 5.41 Å². The second-order valence-electron chi connectivity index (χ2n) is 5.43. The molecule has 1 aromatic carbocycles. The maximum Gasteiger partial charge on any atom is 0.229 e. The van der Waals surface area contributed by atoms with Crippen LogP contribution in [0.25, 0.3) is 0 Å². The first-order valence-corrected chi connectivity index (χ1v) is 7.42. The highest BCUT2D eigenvalue weighted by Gasteiger charge is 2.47. The van der Waals surface area contributed by atoms with Gasteiger partial charge in [0.25, 0.3) is 0 Å². The molecule has 19 heavy (non-hydrogen) atoms. The summed E-state index contributed by atoms with van der Waals surface area (Å²) in [5.74, 6) is 0.815. The number of hydrogen-bond acceptors (Lipinski definition) is 3. The molecule has 1 aliphatic heterocycles. The van der Waals surface area contributed by atoms with Crippen LogP contribution in [0.4, 0.5) is 11.6 Å². The van der Waals surface area contributed by atoms with Crippen molar-refractivity contribution in [3.8, 4) is 0 Å². The molecule has 96 valence electrons. The van der Waals surface area contributed by atoms with Crippen LogP contribution in [0.1, 0.15) is 24.8 Å². The fourth-order valence-electron chi connectivity index (χ4n) is 3.28. The number of fused-ring (bicyclic) bond motifs is 2. The first-order valence-electron chi connectivity index (χ1n) is 6.63. The van der Waals surface area contributed by atoms with E-state index in [1.807, 2.05) is 18.5 Å². The van der Waals surface area contributed by atoms with Gasteiger partial charge in [0.1, 0.15) is 0 Å². The van der Waals surface area contributed by atoms with Crippen molar-refractivity contribution in [1.29, 1.82) is 0 Å². The van der Waals surface area contributed by atoms with E-state index in [1.165, 1.54) is 30.5 Å². The lowest BCUT2D eigenvalue weighted by Gasteiger charge is -2.39. The molecule has 3 nitrogen and oxygen atoms in total. The first kappa shape index (κ1) is 11.4. The third-order valence-electron chi connectivity index (χ3n) is 4.39. The summed E-state index contributed by atoms with van der Waals surface area (Å²) in [6.07, 6.45) is 7.51. The fourth-order valence-corrected chi connectivity index (χ4v) is 3.64. The molecule has 0 atom stereocenters. The van der Waals surface area contributed by atoms with Crippen LogP contribution in [0.3, 0.4) is 0 Å². The quantitative estimate of drug-likeness (QED) is 0.801. The normalized spacial score (nSPS) is 19.3. The zero-order valence-electron chi connectivity index (χ0n) is 10.5. The van der Waals surface area contributed by atoms with E-state index in [4.69, 9.17) is 0 Å². The van der Waals surface area contributed by atoms with Crippen LogP contribution in [0, 0.1) is 0 Å². The fraction of sp³-hybridized carbons (Fsp3) is 0.333. The van der Waals surface area contributed by atoms with Gasteiger partial charge in [-0.25, -0.2) is 9.97 Å². The lowest BCUT2D eigenvalue weighted by atomic mass is 9.66. The van der Waals surface area contributed by atoms with E-state index in [0.717, 1.165) is 17.0 Å². The number of halogens is 1. The van der Waals surface area contributed by atoms with Gasteiger partial charge in [-0.15, -0.1) is 0 Å². The predicted molar refractivity (Wildman–Crippen MR) is 78.7 cm³/mol. The number of nitrogens with zero attached hydrogens (tertiary/aromatic N) is 3. The average Bonchev–Trinajstić information content (AvgIpc) is 2.74. The lowest BCUT2D eigenvalue weighted by Crippen LogP contribution is -2.38. The van der Waals surface area contributed by atoms with Crippen LogP contribution in [0.5, 0.6) is 0 Å². The Morgan fingerprint density at radius 3 is 2.63 bits per heavy atom. The summed E-state index contributed by atoms with van der Waals surface area (Å²) in [7, 11) is 0. The molecule has 0 radical (unpaired) electrons. The monoisotopic (exact) mass is 315 g/mol. The van der Waals surface area contributed by atoms with Gasteiger partial charge in [-0.1, -0.05) is 22.4 Å². The summed E-state index contributed by atoms with van der Waals surface area (Å²) in [5.41, 5.74) is 3.06. The molecule has 0 N–H and O–H groups in total. The molecule has 1 spiro atoms. The molecule has 4 heteroatoms. The zero-order valence-corrected chi connectivity index (χ0v) is 12.1. The van der Waals surface area contributed by atoms with Crippen LogP contribution in [0.15, 0.2) is 41.1 Å². The average molecular weight is 316 g/mol. The van der Waals surface area contributed by atoms with E-state index in [2.05, 4.69) is 49.0 Å². The van der Waals surface area contributed by atoms with Crippen molar-refractivity contribution in [2.75, 3.05) is 11.4 Å². The molecule has 0 saturated heterocycles. The molecule has 2 heterocycles. The van der Waals surface area contributed by atoms with Crippen LogP contribution in [0.2, 0.25) is 0 Å². The first-order chi connectivity index (χ1) is 9.28. The topological polar surface area (TPSA) is 29.0 Å². The van der Waals surface area contributed by atoms with Gasteiger partial charge in [-0.05, 0) is 42.7 Å². The maximum atomic E-state index is 4.41. The van der Waals surface area contributed by atoms with Crippen LogP contribution >= 0.6 is 15.9 Å². The van der Waals surface area contributed by atoms with E-state index >= 15 is 0 Å². The molecule has 1 aromatic heterocycles. The van der Waals surface area contributed by atoms with Gasteiger partial charge in [-0.2, -0.15) is 0 Å². The van der Waals surface area contributed by atoms with Crippen LogP contribution < -0.4 is 4.90 Å². The molecule has 1 saturated carbocycles. The number of benzene rings is 1. The second kappa shape index (κ2) is 4.04. The molecule has 0 unspecified atom stereocenters. The molecule has 2 aliphatic rings. The Hall–Kier alpha value is -1.42. The van der Waals surface area contributed by atoms with Crippen LogP contribution in [-0.4, -0.2) is 16.5 Å². The number of rotatable bonds is 1. The summed E-state index contributed by atoms with van der Waals surface area (Å²) < 4.78 is 1.16. The van der Waals surface area contributed by atoms with E-state index in [1.54, 1.807) is 0 Å². The van der Waals surface area contributed by atoms with Crippen molar-refractivity contribution in [3.05, 3.63) is 46.7 Å². The minimum Gasteiger partial charge on any atom is -0.309 e. The molecule has 4 rings (SSSR count).